The topological polar surface area (TPSA) is 79.9 Å². The van der Waals surface area contributed by atoms with Crippen LogP contribution in [-0.4, -0.2) is 28.2 Å². The van der Waals surface area contributed by atoms with Crippen molar-refractivity contribution in [1.29, 1.82) is 0 Å². The van der Waals surface area contributed by atoms with Gasteiger partial charge in [0.05, 0.1) is 13.2 Å². The van der Waals surface area contributed by atoms with Crippen molar-refractivity contribution in [2.75, 3.05) is 7.11 Å². The highest BCUT2D eigenvalue weighted by Gasteiger charge is 2.19. The van der Waals surface area contributed by atoms with Crippen molar-refractivity contribution in [3.05, 3.63) is 41.5 Å². The molecule has 2 N–H and O–H groups in total. The van der Waals surface area contributed by atoms with Crippen LogP contribution in [0.15, 0.2) is 24.3 Å². The molecule has 6 heteroatoms. The molecule has 1 aromatic carbocycles. The number of amides is 1. The van der Waals surface area contributed by atoms with Gasteiger partial charge in [0.1, 0.15) is 11.6 Å². The van der Waals surface area contributed by atoms with Crippen molar-refractivity contribution < 1.29 is 9.53 Å². The molecule has 1 unspecified atom stereocenters. The van der Waals surface area contributed by atoms with Gasteiger partial charge in [-0.1, -0.05) is 32.0 Å². The van der Waals surface area contributed by atoms with Crippen LogP contribution in [-0.2, 0) is 6.42 Å². The van der Waals surface area contributed by atoms with E-state index < -0.39 is 0 Å². The fourth-order valence-corrected chi connectivity index (χ4v) is 2.13. The van der Waals surface area contributed by atoms with E-state index in [2.05, 4.69) is 20.5 Å². The second-order valence-electron chi connectivity index (χ2n) is 4.64. The van der Waals surface area contributed by atoms with E-state index in [1.807, 2.05) is 38.1 Å². The Morgan fingerprint density at radius 2 is 2.14 bits per heavy atom. The molecule has 1 atom stereocenters. The van der Waals surface area contributed by atoms with Crippen molar-refractivity contribution in [1.82, 2.24) is 20.5 Å². The van der Waals surface area contributed by atoms with Gasteiger partial charge < -0.3 is 10.1 Å². The molecule has 0 fully saturated rings. The lowest BCUT2D eigenvalue weighted by Crippen LogP contribution is -2.29. The maximum atomic E-state index is 12.2. The number of aromatic amines is 1. The Hall–Kier alpha value is -2.37. The number of hydrogen-bond acceptors (Lipinski definition) is 4. The molecule has 0 spiro atoms. The Labute approximate surface area is 123 Å². The minimum atomic E-state index is -0.288. The first-order valence-corrected chi connectivity index (χ1v) is 7.04. The van der Waals surface area contributed by atoms with Crippen molar-refractivity contribution in [2.45, 2.75) is 32.7 Å². The zero-order chi connectivity index (χ0) is 15.2. The van der Waals surface area contributed by atoms with Gasteiger partial charge in [0.25, 0.3) is 5.91 Å². The normalized spacial score (nSPS) is 12.0. The standard InChI is InChI=1S/C15H20N4O2/c1-4-11(10-8-6-7-9-12(10)21-3)16-15(20)14-17-13(5-2)18-19-14/h6-9,11H,4-5H2,1-3H3,(H,16,20)(H,17,18,19). The van der Waals surface area contributed by atoms with Gasteiger partial charge in [-0.3, -0.25) is 9.89 Å². The number of carbonyl (C=O) groups is 1. The average Bonchev–Trinajstić information content (AvgIpc) is 3.01. The molecule has 1 heterocycles. The van der Waals surface area contributed by atoms with E-state index in [4.69, 9.17) is 4.74 Å². The number of aryl methyl sites for hydroxylation is 1. The van der Waals surface area contributed by atoms with Crippen LogP contribution in [0, 0.1) is 0 Å². The molecule has 2 aromatic rings. The Balaban J connectivity index is 2.16. The van der Waals surface area contributed by atoms with E-state index in [0.717, 1.165) is 17.7 Å². The average molecular weight is 288 g/mol. The maximum absolute atomic E-state index is 12.2. The molecule has 1 aromatic heterocycles. The van der Waals surface area contributed by atoms with Crippen molar-refractivity contribution in [3.63, 3.8) is 0 Å². The minimum Gasteiger partial charge on any atom is -0.496 e. The summed E-state index contributed by atoms with van der Waals surface area (Å²) in [7, 11) is 1.62. The summed E-state index contributed by atoms with van der Waals surface area (Å²) in [6.07, 6.45) is 1.46. The highest BCUT2D eigenvalue weighted by atomic mass is 16.5. The first-order valence-electron chi connectivity index (χ1n) is 7.04. The van der Waals surface area contributed by atoms with Crippen LogP contribution in [0.3, 0.4) is 0 Å². The quantitative estimate of drug-likeness (QED) is 0.854. The molecule has 6 nitrogen and oxygen atoms in total. The monoisotopic (exact) mass is 288 g/mol. The molecule has 0 radical (unpaired) electrons. The number of nitrogens with zero attached hydrogens (tertiary/aromatic N) is 2. The number of ether oxygens (including phenoxy) is 1. The smallest absolute Gasteiger partial charge is 0.291 e. The first kappa shape index (κ1) is 15.0. The SMILES string of the molecule is CCc1nc(C(=O)NC(CC)c2ccccc2OC)n[nH]1. The predicted molar refractivity (Wildman–Crippen MR) is 79.3 cm³/mol. The van der Waals surface area contributed by atoms with Gasteiger partial charge in [-0.15, -0.1) is 5.10 Å². The number of rotatable bonds is 6. The van der Waals surface area contributed by atoms with E-state index in [1.54, 1.807) is 7.11 Å². The summed E-state index contributed by atoms with van der Waals surface area (Å²) < 4.78 is 5.35. The molecule has 0 aliphatic heterocycles. The van der Waals surface area contributed by atoms with Crippen LogP contribution in [0.1, 0.15) is 48.3 Å². The van der Waals surface area contributed by atoms with Gasteiger partial charge in [-0.25, -0.2) is 4.98 Å². The second-order valence-corrected chi connectivity index (χ2v) is 4.64. The molecule has 21 heavy (non-hydrogen) atoms. The number of para-hydroxylation sites is 1. The summed E-state index contributed by atoms with van der Waals surface area (Å²) in [5.74, 6) is 1.34. The van der Waals surface area contributed by atoms with Crippen LogP contribution in [0.5, 0.6) is 5.75 Å². The van der Waals surface area contributed by atoms with Crippen molar-refractivity contribution >= 4 is 5.91 Å². The number of nitrogens with one attached hydrogen (secondary N) is 2. The molecule has 0 aliphatic rings. The number of hydrogen-bond donors (Lipinski definition) is 2. The molecule has 112 valence electrons. The number of aromatic nitrogens is 3. The maximum Gasteiger partial charge on any atom is 0.291 e. The Bertz CT molecular complexity index is 609. The van der Waals surface area contributed by atoms with Gasteiger partial charge in [0, 0.05) is 12.0 Å². The van der Waals surface area contributed by atoms with Gasteiger partial charge in [-0.05, 0) is 12.5 Å². The third kappa shape index (κ3) is 3.39. The number of H-pyrrole nitrogens is 1. The molecule has 0 saturated heterocycles. The number of carbonyl (C=O) groups excluding carboxylic acids is 1. The molecular formula is C15H20N4O2. The fourth-order valence-electron chi connectivity index (χ4n) is 2.13. The van der Waals surface area contributed by atoms with Crippen LogP contribution >= 0.6 is 0 Å². The van der Waals surface area contributed by atoms with Crippen molar-refractivity contribution in [3.8, 4) is 5.75 Å². The van der Waals surface area contributed by atoms with Gasteiger partial charge >= 0.3 is 0 Å². The lowest BCUT2D eigenvalue weighted by Gasteiger charge is -2.19. The highest BCUT2D eigenvalue weighted by Crippen LogP contribution is 2.26. The summed E-state index contributed by atoms with van der Waals surface area (Å²) in [5.41, 5.74) is 0.946. The van der Waals surface area contributed by atoms with E-state index >= 15 is 0 Å². The molecule has 0 aliphatic carbocycles. The lowest BCUT2D eigenvalue weighted by molar-refractivity contribution is 0.0925. The Morgan fingerprint density at radius 3 is 2.76 bits per heavy atom. The van der Waals surface area contributed by atoms with Gasteiger partial charge in [0.2, 0.25) is 5.82 Å². The van der Waals surface area contributed by atoms with Gasteiger partial charge in [0.15, 0.2) is 0 Å². The van der Waals surface area contributed by atoms with Crippen LogP contribution in [0.2, 0.25) is 0 Å². The molecule has 1 amide bonds. The lowest BCUT2D eigenvalue weighted by atomic mass is 10.0. The van der Waals surface area contributed by atoms with Crippen LogP contribution in [0.25, 0.3) is 0 Å². The largest absolute Gasteiger partial charge is 0.496 e. The molecule has 0 bridgehead atoms. The summed E-state index contributed by atoms with van der Waals surface area (Å²) in [4.78, 5) is 16.4. The fraction of sp³-hybridized carbons (Fsp3) is 0.400. The van der Waals surface area contributed by atoms with E-state index in [9.17, 15) is 4.79 Å². The van der Waals surface area contributed by atoms with Crippen LogP contribution < -0.4 is 10.1 Å². The Kier molecular flexibility index (Phi) is 4.92. The van der Waals surface area contributed by atoms with E-state index in [-0.39, 0.29) is 17.8 Å². The highest BCUT2D eigenvalue weighted by molar-refractivity contribution is 5.90. The van der Waals surface area contributed by atoms with E-state index in [0.29, 0.717) is 12.2 Å². The number of benzene rings is 1. The Morgan fingerprint density at radius 1 is 1.38 bits per heavy atom. The third-order valence-corrected chi connectivity index (χ3v) is 3.30. The summed E-state index contributed by atoms with van der Waals surface area (Å²) in [6, 6.07) is 7.51. The third-order valence-electron chi connectivity index (χ3n) is 3.30. The molecular weight excluding hydrogens is 268 g/mol. The first-order chi connectivity index (χ1) is 10.2. The van der Waals surface area contributed by atoms with Crippen LogP contribution in [0.4, 0.5) is 0 Å². The number of methoxy groups -OCH3 is 1. The van der Waals surface area contributed by atoms with E-state index in [1.165, 1.54) is 0 Å². The summed E-state index contributed by atoms with van der Waals surface area (Å²) >= 11 is 0. The second kappa shape index (κ2) is 6.88. The zero-order valence-corrected chi connectivity index (χ0v) is 12.5. The summed E-state index contributed by atoms with van der Waals surface area (Å²) in [6.45, 7) is 3.96. The molecule has 2 rings (SSSR count). The predicted octanol–water partition coefficient (Wildman–Crippen LogP) is 2.26. The molecule has 0 saturated carbocycles. The zero-order valence-electron chi connectivity index (χ0n) is 12.5. The van der Waals surface area contributed by atoms with Crippen molar-refractivity contribution in [2.24, 2.45) is 0 Å². The minimum absolute atomic E-state index is 0.141. The van der Waals surface area contributed by atoms with Gasteiger partial charge in [-0.2, -0.15) is 0 Å². The summed E-state index contributed by atoms with van der Waals surface area (Å²) in [5, 5.41) is 9.62.